The number of hydrogen-bond acceptors (Lipinski definition) is 8. The second-order valence-corrected chi connectivity index (χ2v) is 7.70. The maximum absolute atomic E-state index is 12.6. The molecule has 1 unspecified atom stereocenters. The van der Waals surface area contributed by atoms with Crippen LogP contribution in [0.2, 0.25) is 0 Å². The fraction of sp³-hybridized carbons (Fsp3) is 0.316. The molecule has 0 spiro atoms. The van der Waals surface area contributed by atoms with Gasteiger partial charge in [-0.15, -0.1) is 0 Å². The van der Waals surface area contributed by atoms with E-state index in [0.717, 1.165) is 0 Å². The van der Waals surface area contributed by atoms with Gasteiger partial charge in [-0.1, -0.05) is 12.1 Å². The molecule has 10 heteroatoms. The highest BCUT2D eigenvalue weighted by Gasteiger charge is 2.43. The molecule has 29 heavy (non-hydrogen) atoms. The molecule has 1 amide bonds. The Morgan fingerprint density at radius 1 is 1.31 bits per heavy atom. The van der Waals surface area contributed by atoms with E-state index in [1.54, 1.807) is 45.0 Å². The van der Waals surface area contributed by atoms with E-state index in [0.29, 0.717) is 27.0 Å². The molecular weight excluding hydrogens is 396 g/mol. The number of rotatable bonds is 4. The van der Waals surface area contributed by atoms with Gasteiger partial charge in [0, 0.05) is 31.9 Å². The Balaban J connectivity index is 2.21. The third-order valence-corrected chi connectivity index (χ3v) is 5.82. The summed E-state index contributed by atoms with van der Waals surface area (Å²) < 4.78 is 4.96. The fourth-order valence-electron chi connectivity index (χ4n) is 3.27. The number of amides is 1. The standard InChI is InChI=1S/C19H20N4O5S/c1-10-14(18(25)28-5)15(12-7-6-8-13(9-12)23(26)27)22-11(2)16(17(24)21(3)4)29-19(22)20-10/h6-9,15H,1-5H3. The van der Waals surface area contributed by atoms with E-state index in [9.17, 15) is 19.7 Å². The number of nitro groups is 1. The number of nitrogens with zero attached hydrogens (tertiary/aromatic N) is 4. The minimum atomic E-state index is -0.699. The summed E-state index contributed by atoms with van der Waals surface area (Å²) in [5.41, 5.74) is 1.78. The monoisotopic (exact) mass is 416 g/mol. The summed E-state index contributed by atoms with van der Waals surface area (Å²) in [4.78, 5) is 44.2. The minimum Gasteiger partial charge on any atom is -0.466 e. The van der Waals surface area contributed by atoms with E-state index in [-0.39, 0.29) is 17.2 Å². The zero-order valence-electron chi connectivity index (χ0n) is 16.6. The number of allylic oxidation sites excluding steroid dienone is 2. The van der Waals surface area contributed by atoms with Gasteiger partial charge >= 0.3 is 5.97 Å². The highest BCUT2D eigenvalue weighted by molar-refractivity contribution is 8.18. The van der Waals surface area contributed by atoms with Gasteiger partial charge in [-0.2, -0.15) is 0 Å². The third-order valence-electron chi connectivity index (χ3n) is 4.68. The van der Waals surface area contributed by atoms with Crippen LogP contribution in [0.15, 0.2) is 51.1 Å². The van der Waals surface area contributed by atoms with Crippen molar-refractivity contribution in [2.75, 3.05) is 21.2 Å². The van der Waals surface area contributed by atoms with Crippen molar-refractivity contribution in [3.8, 4) is 0 Å². The van der Waals surface area contributed by atoms with Crippen LogP contribution < -0.4 is 0 Å². The molecule has 1 atom stereocenters. The maximum Gasteiger partial charge on any atom is 0.338 e. The lowest BCUT2D eigenvalue weighted by molar-refractivity contribution is -0.384. The van der Waals surface area contributed by atoms with Crippen LogP contribution in [0.1, 0.15) is 25.5 Å². The van der Waals surface area contributed by atoms with Gasteiger partial charge in [0.1, 0.15) is 0 Å². The van der Waals surface area contributed by atoms with E-state index in [1.807, 2.05) is 0 Å². The lowest BCUT2D eigenvalue weighted by atomic mass is 9.93. The van der Waals surface area contributed by atoms with E-state index < -0.39 is 16.9 Å². The first-order chi connectivity index (χ1) is 13.7. The van der Waals surface area contributed by atoms with Crippen molar-refractivity contribution in [3.05, 3.63) is 61.8 Å². The molecule has 0 aromatic heterocycles. The summed E-state index contributed by atoms with van der Waals surface area (Å²) in [5, 5.41) is 11.8. The van der Waals surface area contributed by atoms with Crippen molar-refractivity contribution < 1.29 is 19.2 Å². The Kier molecular flexibility index (Phi) is 5.47. The minimum absolute atomic E-state index is 0.0912. The van der Waals surface area contributed by atoms with Crippen molar-refractivity contribution in [3.63, 3.8) is 0 Å². The lowest BCUT2D eigenvalue weighted by Crippen LogP contribution is -2.36. The van der Waals surface area contributed by atoms with Gasteiger partial charge in [-0.25, -0.2) is 9.79 Å². The van der Waals surface area contributed by atoms with Crippen LogP contribution in [-0.4, -0.2) is 53.0 Å². The average molecular weight is 416 g/mol. The molecule has 3 rings (SSSR count). The molecule has 1 aromatic carbocycles. The number of methoxy groups -OCH3 is 1. The fourth-order valence-corrected chi connectivity index (χ4v) is 4.50. The molecule has 9 nitrogen and oxygen atoms in total. The van der Waals surface area contributed by atoms with Crippen molar-refractivity contribution in [2.24, 2.45) is 4.99 Å². The molecule has 0 N–H and O–H groups in total. The average Bonchev–Trinajstić information content (AvgIpc) is 3.01. The SMILES string of the molecule is COC(=O)C1=C(C)N=C2SC(C(=O)N(C)C)=C(C)N2C1c1cccc([N+](=O)[O-])c1. The van der Waals surface area contributed by atoms with Gasteiger partial charge < -0.3 is 14.5 Å². The summed E-state index contributed by atoms with van der Waals surface area (Å²) in [6, 6.07) is 5.39. The molecule has 152 valence electrons. The second kappa shape index (κ2) is 7.70. The molecule has 0 fully saturated rings. The number of hydrogen-bond donors (Lipinski definition) is 0. The molecule has 0 radical (unpaired) electrons. The molecule has 2 heterocycles. The van der Waals surface area contributed by atoms with Gasteiger partial charge in [0.25, 0.3) is 11.6 Å². The van der Waals surface area contributed by atoms with Gasteiger partial charge in [-0.05, 0) is 31.2 Å². The Hall–Kier alpha value is -3.14. The van der Waals surface area contributed by atoms with E-state index in [2.05, 4.69) is 4.99 Å². The first kappa shape index (κ1) is 20.6. The number of esters is 1. The molecular formula is C19H20N4O5S. The third kappa shape index (κ3) is 3.51. The topological polar surface area (TPSA) is 105 Å². The van der Waals surface area contributed by atoms with E-state index in [4.69, 9.17) is 4.74 Å². The number of amidine groups is 1. The molecule has 0 saturated heterocycles. The normalized spacial score (nSPS) is 18.4. The first-order valence-electron chi connectivity index (χ1n) is 8.69. The Bertz CT molecular complexity index is 1010. The Morgan fingerprint density at radius 2 is 2.00 bits per heavy atom. The van der Waals surface area contributed by atoms with Crippen LogP contribution in [0, 0.1) is 10.1 Å². The highest BCUT2D eigenvalue weighted by Crippen LogP contribution is 2.47. The Morgan fingerprint density at radius 3 is 2.59 bits per heavy atom. The van der Waals surface area contributed by atoms with Crippen molar-refractivity contribution in [1.82, 2.24) is 9.80 Å². The lowest BCUT2D eigenvalue weighted by Gasteiger charge is -2.35. The predicted octanol–water partition coefficient (Wildman–Crippen LogP) is 2.82. The summed E-state index contributed by atoms with van der Waals surface area (Å²) in [6.45, 7) is 3.45. The zero-order chi connectivity index (χ0) is 21.5. The van der Waals surface area contributed by atoms with Crippen molar-refractivity contribution in [2.45, 2.75) is 19.9 Å². The molecule has 0 bridgehead atoms. The number of non-ortho nitro benzene ring substituents is 1. The summed E-state index contributed by atoms with van der Waals surface area (Å²) in [5.74, 6) is -0.758. The molecule has 1 aromatic rings. The number of ether oxygens (including phenoxy) is 1. The molecule has 2 aliphatic heterocycles. The predicted molar refractivity (Wildman–Crippen MR) is 109 cm³/mol. The number of aliphatic imine (C=N–C) groups is 1. The van der Waals surface area contributed by atoms with Gasteiger partial charge in [0.05, 0.1) is 34.3 Å². The summed E-state index contributed by atoms with van der Waals surface area (Å²) in [7, 11) is 4.59. The Labute approximate surface area is 171 Å². The van der Waals surface area contributed by atoms with Gasteiger partial charge in [0.15, 0.2) is 5.17 Å². The smallest absolute Gasteiger partial charge is 0.338 e. The zero-order valence-corrected chi connectivity index (χ0v) is 17.4. The molecule has 0 saturated carbocycles. The maximum atomic E-state index is 12.6. The van der Waals surface area contributed by atoms with E-state index in [1.165, 1.54) is 35.9 Å². The second-order valence-electron chi connectivity index (χ2n) is 6.73. The van der Waals surface area contributed by atoms with Crippen LogP contribution in [0.5, 0.6) is 0 Å². The number of likely N-dealkylation sites (N-methyl/N-ethyl adjacent to an activating group) is 1. The number of nitro benzene ring substituents is 1. The van der Waals surface area contributed by atoms with Crippen molar-refractivity contribution in [1.29, 1.82) is 0 Å². The number of fused-ring (bicyclic) bond motifs is 1. The van der Waals surface area contributed by atoms with Crippen LogP contribution in [0.3, 0.4) is 0 Å². The number of benzene rings is 1. The van der Waals surface area contributed by atoms with Crippen LogP contribution in [-0.2, 0) is 14.3 Å². The number of carbonyl (C=O) groups excluding carboxylic acids is 2. The van der Waals surface area contributed by atoms with Crippen LogP contribution in [0.4, 0.5) is 5.69 Å². The summed E-state index contributed by atoms with van der Waals surface area (Å²) >= 11 is 1.22. The largest absolute Gasteiger partial charge is 0.466 e. The number of carbonyl (C=O) groups is 2. The highest BCUT2D eigenvalue weighted by atomic mass is 32.2. The van der Waals surface area contributed by atoms with Crippen LogP contribution in [0.25, 0.3) is 0 Å². The quantitative estimate of drug-likeness (QED) is 0.422. The van der Waals surface area contributed by atoms with Gasteiger partial charge in [-0.3, -0.25) is 14.9 Å². The van der Waals surface area contributed by atoms with Gasteiger partial charge in [0.2, 0.25) is 0 Å². The first-order valence-corrected chi connectivity index (χ1v) is 9.50. The molecule has 0 aliphatic carbocycles. The van der Waals surface area contributed by atoms with E-state index >= 15 is 0 Å². The molecule has 2 aliphatic rings. The number of thioether (sulfide) groups is 1. The van der Waals surface area contributed by atoms with Crippen molar-refractivity contribution >= 4 is 34.5 Å². The summed E-state index contributed by atoms with van der Waals surface area (Å²) in [6.07, 6.45) is 0. The van der Waals surface area contributed by atoms with Crippen LogP contribution >= 0.6 is 11.8 Å².